The van der Waals surface area contributed by atoms with E-state index in [1.165, 1.54) is 0 Å². The fraction of sp³-hybridized carbons (Fsp3) is 0.625. The van der Waals surface area contributed by atoms with Crippen molar-refractivity contribution in [2.24, 2.45) is 22.2 Å². The van der Waals surface area contributed by atoms with Crippen molar-refractivity contribution in [3.05, 3.63) is 0 Å². The van der Waals surface area contributed by atoms with Crippen LogP contribution in [0.15, 0.2) is 4.99 Å². The zero-order chi connectivity index (χ0) is 24.1. The van der Waals surface area contributed by atoms with Crippen LogP contribution in [0.2, 0.25) is 0 Å². The minimum Gasteiger partial charge on any atom is -0.481 e. The van der Waals surface area contributed by atoms with E-state index in [9.17, 15) is 29.1 Å². The molecule has 15 heteroatoms. The number of nitrogens with one attached hydrogen (secondary N) is 3. The molecule has 0 spiro atoms. The molecule has 31 heavy (non-hydrogen) atoms. The number of rotatable bonds is 14. The number of guanidine groups is 1. The average molecular weight is 447 g/mol. The maximum absolute atomic E-state index is 12.5. The van der Waals surface area contributed by atoms with Gasteiger partial charge in [-0.25, -0.2) is 4.79 Å². The number of amides is 3. The third-order valence-corrected chi connectivity index (χ3v) is 3.84. The van der Waals surface area contributed by atoms with Crippen molar-refractivity contribution in [3.8, 4) is 0 Å². The number of aliphatic hydroxyl groups excluding tert-OH is 1. The number of carboxylic acids is 2. The van der Waals surface area contributed by atoms with E-state index in [1.54, 1.807) is 0 Å². The van der Waals surface area contributed by atoms with Crippen LogP contribution in [0.1, 0.15) is 26.2 Å². The summed E-state index contributed by atoms with van der Waals surface area (Å²) in [5, 5.41) is 34.1. The summed E-state index contributed by atoms with van der Waals surface area (Å²) in [6, 6.07) is -4.53. The first-order valence-corrected chi connectivity index (χ1v) is 9.17. The number of carbonyl (C=O) groups excluding carboxylic acids is 3. The smallest absolute Gasteiger partial charge is 0.328 e. The van der Waals surface area contributed by atoms with E-state index in [1.807, 2.05) is 0 Å². The number of nitrogens with zero attached hydrogens (tertiary/aromatic N) is 1. The number of aliphatic hydroxyl groups is 1. The van der Waals surface area contributed by atoms with Crippen LogP contribution in [0.3, 0.4) is 0 Å². The molecule has 0 rings (SSSR count). The standard InChI is InChI=1S/C16H29N7O8/c1-7(24)12(15(30)31)23-13(28)8(3-2-4-20-16(18)19)22-14(29)9(5-11(26)27)21-10(25)6-17/h7-9,12,24H,2-6,17H2,1H3,(H,21,25)(H,22,29)(H,23,28)(H,26,27)(H,30,31)(H4,18,19,20). The molecule has 0 fully saturated rings. The molecule has 15 nitrogen and oxygen atoms in total. The molecule has 3 amide bonds. The molecule has 0 aliphatic carbocycles. The van der Waals surface area contributed by atoms with Crippen molar-refractivity contribution in [2.45, 2.75) is 50.4 Å². The lowest BCUT2D eigenvalue weighted by Gasteiger charge is -2.24. The molecule has 0 aromatic carbocycles. The largest absolute Gasteiger partial charge is 0.481 e. The van der Waals surface area contributed by atoms with E-state index in [4.69, 9.17) is 27.4 Å². The lowest BCUT2D eigenvalue weighted by atomic mass is 10.1. The highest BCUT2D eigenvalue weighted by Crippen LogP contribution is 2.04. The number of hydrogen-bond donors (Lipinski definition) is 9. The maximum atomic E-state index is 12.5. The van der Waals surface area contributed by atoms with Crippen LogP contribution in [0.5, 0.6) is 0 Å². The minimum atomic E-state index is -1.66. The van der Waals surface area contributed by atoms with Crippen LogP contribution in [-0.4, -0.2) is 88.3 Å². The molecule has 0 aromatic rings. The van der Waals surface area contributed by atoms with Crippen LogP contribution < -0.4 is 33.2 Å². The Bertz CT molecular complexity index is 693. The highest BCUT2D eigenvalue weighted by molar-refractivity contribution is 5.95. The van der Waals surface area contributed by atoms with Crippen molar-refractivity contribution < 1.29 is 39.3 Å². The van der Waals surface area contributed by atoms with E-state index in [2.05, 4.69) is 20.9 Å². The minimum absolute atomic E-state index is 0.0644. The number of carbonyl (C=O) groups is 5. The van der Waals surface area contributed by atoms with Crippen molar-refractivity contribution in [2.75, 3.05) is 13.1 Å². The van der Waals surface area contributed by atoms with Gasteiger partial charge in [-0.05, 0) is 19.8 Å². The highest BCUT2D eigenvalue weighted by atomic mass is 16.4. The van der Waals surface area contributed by atoms with Crippen molar-refractivity contribution in [1.82, 2.24) is 16.0 Å². The van der Waals surface area contributed by atoms with Crippen LogP contribution in [0.4, 0.5) is 0 Å². The predicted molar refractivity (Wildman–Crippen MR) is 106 cm³/mol. The molecule has 0 aliphatic heterocycles. The molecule has 12 N–H and O–H groups in total. The number of nitrogens with two attached hydrogens (primary N) is 3. The van der Waals surface area contributed by atoms with Gasteiger partial charge in [0.15, 0.2) is 12.0 Å². The Morgan fingerprint density at radius 3 is 2.00 bits per heavy atom. The highest BCUT2D eigenvalue weighted by Gasteiger charge is 2.31. The molecule has 0 radical (unpaired) electrons. The van der Waals surface area contributed by atoms with Crippen molar-refractivity contribution in [1.29, 1.82) is 0 Å². The quantitative estimate of drug-likeness (QED) is 0.0693. The first kappa shape index (κ1) is 27.5. The van der Waals surface area contributed by atoms with Gasteiger partial charge in [0, 0.05) is 6.54 Å². The summed E-state index contributed by atoms with van der Waals surface area (Å²) in [5.74, 6) is -5.86. The molecule has 0 bridgehead atoms. The second-order valence-electron chi connectivity index (χ2n) is 6.50. The number of aliphatic imine (C=N–C) groups is 1. The van der Waals surface area contributed by atoms with Gasteiger partial charge in [-0.1, -0.05) is 0 Å². The van der Waals surface area contributed by atoms with Gasteiger partial charge in [0.2, 0.25) is 17.7 Å². The normalized spacial score (nSPS) is 14.3. The van der Waals surface area contributed by atoms with E-state index >= 15 is 0 Å². The van der Waals surface area contributed by atoms with Gasteiger partial charge >= 0.3 is 11.9 Å². The molecule has 176 valence electrons. The number of carboxylic acid groups (broad SMARTS) is 2. The third kappa shape index (κ3) is 11.3. The zero-order valence-corrected chi connectivity index (χ0v) is 16.9. The SMILES string of the molecule is CC(O)C(NC(=O)C(CCCN=C(N)N)NC(=O)C(CC(=O)O)NC(=O)CN)C(=O)O. The number of hydrogen-bond acceptors (Lipinski definition) is 8. The van der Waals surface area contributed by atoms with Gasteiger partial charge in [0.05, 0.1) is 19.1 Å². The summed E-state index contributed by atoms with van der Waals surface area (Å²) in [6.45, 7) is 0.736. The van der Waals surface area contributed by atoms with E-state index in [-0.39, 0.29) is 25.3 Å². The lowest BCUT2D eigenvalue weighted by Crippen LogP contribution is -2.58. The fourth-order valence-corrected chi connectivity index (χ4v) is 2.32. The van der Waals surface area contributed by atoms with E-state index in [0.717, 1.165) is 6.92 Å². The van der Waals surface area contributed by atoms with E-state index in [0.29, 0.717) is 0 Å². The van der Waals surface area contributed by atoms with Crippen molar-refractivity contribution in [3.63, 3.8) is 0 Å². The summed E-state index contributed by atoms with van der Waals surface area (Å²) in [7, 11) is 0. The maximum Gasteiger partial charge on any atom is 0.328 e. The molecular weight excluding hydrogens is 418 g/mol. The van der Waals surface area contributed by atoms with E-state index < -0.39 is 66.9 Å². The Hall–Kier alpha value is -3.46. The first-order valence-electron chi connectivity index (χ1n) is 9.17. The van der Waals surface area contributed by atoms with Crippen molar-refractivity contribution >= 4 is 35.6 Å². The van der Waals surface area contributed by atoms with Gasteiger partial charge in [0.25, 0.3) is 0 Å². The zero-order valence-electron chi connectivity index (χ0n) is 16.9. The van der Waals surface area contributed by atoms with Crippen LogP contribution in [0, 0.1) is 0 Å². The Balaban J connectivity index is 5.48. The Labute approximate surface area is 177 Å². The average Bonchev–Trinajstić information content (AvgIpc) is 2.66. The molecule has 0 saturated heterocycles. The van der Waals surface area contributed by atoms with Crippen LogP contribution in [-0.2, 0) is 24.0 Å². The number of aliphatic carboxylic acids is 2. The molecular formula is C16H29N7O8. The van der Waals surface area contributed by atoms with Gasteiger partial charge in [-0.3, -0.25) is 24.2 Å². The predicted octanol–water partition coefficient (Wildman–Crippen LogP) is -4.61. The lowest BCUT2D eigenvalue weighted by molar-refractivity contribution is -0.145. The van der Waals surface area contributed by atoms with Gasteiger partial charge in [-0.15, -0.1) is 0 Å². The summed E-state index contributed by atoms with van der Waals surface area (Å²) >= 11 is 0. The topological polar surface area (TPSA) is 273 Å². The molecule has 0 aliphatic rings. The molecule has 0 saturated carbocycles. The van der Waals surface area contributed by atoms with Crippen LogP contribution in [0.25, 0.3) is 0 Å². The molecule has 0 aromatic heterocycles. The Morgan fingerprint density at radius 2 is 1.55 bits per heavy atom. The Morgan fingerprint density at radius 1 is 0.968 bits per heavy atom. The summed E-state index contributed by atoms with van der Waals surface area (Å²) in [4.78, 5) is 62.4. The Kier molecular flexibility index (Phi) is 12.2. The second kappa shape index (κ2) is 13.7. The summed E-state index contributed by atoms with van der Waals surface area (Å²) in [6.07, 6.45) is -2.11. The van der Waals surface area contributed by atoms with Gasteiger partial charge in [0.1, 0.15) is 12.1 Å². The van der Waals surface area contributed by atoms with Crippen LogP contribution >= 0.6 is 0 Å². The first-order chi connectivity index (χ1) is 14.4. The molecule has 4 unspecified atom stereocenters. The van der Waals surface area contributed by atoms with Gasteiger partial charge < -0.3 is 48.5 Å². The second-order valence-corrected chi connectivity index (χ2v) is 6.50. The molecule has 0 heterocycles. The monoisotopic (exact) mass is 447 g/mol. The van der Waals surface area contributed by atoms with Gasteiger partial charge in [-0.2, -0.15) is 0 Å². The summed E-state index contributed by atoms with van der Waals surface area (Å²) < 4.78 is 0. The fourth-order valence-electron chi connectivity index (χ4n) is 2.32. The molecule has 4 atom stereocenters. The summed E-state index contributed by atoms with van der Waals surface area (Å²) in [5.41, 5.74) is 15.6. The third-order valence-electron chi connectivity index (χ3n) is 3.84.